The number of aliphatic carboxylic acids is 1. The Morgan fingerprint density at radius 3 is 2.45 bits per heavy atom. The quantitative estimate of drug-likeness (QED) is 0.645. The molecule has 1 rings (SSSR count). The van der Waals surface area contributed by atoms with Crippen LogP contribution < -0.4 is 10.6 Å². The molecule has 6 nitrogen and oxygen atoms in total. The molecule has 1 fully saturated rings. The SMILES string of the molecule is CC(=O)N[C@@H](CSCC(=O)NC1CCCCC1)C(=O)O. The smallest absolute Gasteiger partial charge is 0.327 e. The van der Waals surface area contributed by atoms with Crippen LogP contribution in [0.3, 0.4) is 0 Å². The molecule has 0 bridgehead atoms. The van der Waals surface area contributed by atoms with Crippen molar-refractivity contribution >= 4 is 29.5 Å². The highest BCUT2D eigenvalue weighted by molar-refractivity contribution is 8.00. The van der Waals surface area contributed by atoms with Gasteiger partial charge in [-0.2, -0.15) is 0 Å². The Hall–Kier alpha value is -1.24. The average Bonchev–Trinajstić information content (AvgIpc) is 2.38. The molecule has 0 saturated heterocycles. The largest absolute Gasteiger partial charge is 0.480 e. The van der Waals surface area contributed by atoms with Gasteiger partial charge in [-0.05, 0) is 12.8 Å². The van der Waals surface area contributed by atoms with Crippen LogP contribution in [0.2, 0.25) is 0 Å². The predicted octanol–water partition coefficient (Wildman–Crippen LogP) is 0.758. The van der Waals surface area contributed by atoms with E-state index in [1.165, 1.54) is 25.1 Å². The van der Waals surface area contributed by atoms with Crippen molar-refractivity contribution in [1.82, 2.24) is 10.6 Å². The van der Waals surface area contributed by atoms with Crippen LogP contribution in [0, 0.1) is 0 Å². The average molecular weight is 302 g/mol. The zero-order valence-electron chi connectivity index (χ0n) is 11.7. The van der Waals surface area contributed by atoms with Gasteiger partial charge in [0.2, 0.25) is 11.8 Å². The van der Waals surface area contributed by atoms with Gasteiger partial charge in [-0.25, -0.2) is 4.79 Å². The van der Waals surface area contributed by atoms with Gasteiger partial charge < -0.3 is 15.7 Å². The van der Waals surface area contributed by atoms with Gasteiger partial charge in [-0.1, -0.05) is 19.3 Å². The third-order valence-corrected chi connectivity index (χ3v) is 4.20. The van der Waals surface area contributed by atoms with Crippen LogP contribution >= 0.6 is 11.8 Å². The number of rotatable bonds is 7. The maximum atomic E-state index is 11.7. The summed E-state index contributed by atoms with van der Waals surface area (Å²) in [5.41, 5.74) is 0. The first-order chi connectivity index (χ1) is 9.49. The van der Waals surface area contributed by atoms with Crippen molar-refractivity contribution in [2.45, 2.75) is 51.1 Å². The first kappa shape index (κ1) is 16.8. The van der Waals surface area contributed by atoms with Crippen LogP contribution in [-0.4, -0.2) is 46.5 Å². The highest BCUT2D eigenvalue weighted by atomic mass is 32.2. The molecule has 1 atom stereocenters. The fourth-order valence-electron chi connectivity index (χ4n) is 2.21. The van der Waals surface area contributed by atoms with Crippen LogP contribution in [0.4, 0.5) is 0 Å². The maximum Gasteiger partial charge on any atom is 0.327 e. The van der Waals surface area contributed by atoms with Gasteiger partial charge in [0.05, 0.1) is 5.75 Å². The minimum atomic E-state index is -1.08. The Labute approximate surface area is 123 Å². The molecular weight excluding hydrogens is 280 g/mol. The number of carboxylic acid groups (broad SMARTS) is 1. The minimum Gasteiger partial charge on any atom is -0.480 e. The van der Waals surface area contributed by atoms with Crippen molar-refractivity contribution in [1.29, 1.82) is 0 Å². The van der Waals surface area contributed by atoms with E-state index in [0.717, 1.165) is 25.7 Å². The standard InChI is InChI=1S/C13H22N2O4S/c1-9(16)14-11(13(18)19)7-20-8-12(17)15-10-5-3-2-4-6-10/h10-11H,2-8H2,1H3,(H,14,16)(H,15,17)(H,18,19)/t11-/m0/s1. The van der Waals surface area contributed by atoms with E-state index in [1.54, 1.807) is 0 Å². The Kier molecular flexibility index (Phi) is 7.43. The molecule has 2 amide bonds. The van der Waals surface area contributed by atoms with Crippen molar-refractivity contribution in [3.8, 4) is 0 Å². The van der Waals surface area contributed by atoms with Gasteiger partial charge in [-0.3, -0.25) is 9.59 Å². The summed E-state index contributed by atoms with van der Waals surface area (Å²) < 4.78 is 0. The summed E-state index contributed by atoms with van der Waals surface area (Å²) in [6.45, 7) is 1.27. The molecular formula is C13H22N2O4S. The number of carboxylic acids is 1. The van der Waals surface area contributed by atoms with E-state index in [9.17, 15) is 14.4 Å². The van der Waals surface area contributed by atoms with Gasteiger partial charge in [0.25, 0.3) is 0 Å². The summed E-state index contributed by atoms with van der Waals surface area (Å²) >= 11 is 1.22. The molecule has 0 aliphatic heterocycles. The lowest BCUT2D eigenvalue weighted by molar-refractivity contribution is -0.140. The van der Waals surface area contributed by atoms with Crippen molar-refractivity contribution in [3.63, 3.8) is 0 Å². The van der Waals surface area contributed by atoms with Gasteiger partial charge in [0.15, 0.2) is 0 Å². The lowest BCUT2D eigenvalue weighted by atomic mass is 9.95. The highest BCUT2D eigenvalue weighted by Crippen LogP contribution is 2.17. The topological polar surface area (TPSA) is 95.5 Å². The minimum absolute atomic E-state index is 0.0612. The number of carbonyl (C=O) groups excluding carboxylic acids is 2. The van der Waals surface area contributed by atoms with Crippen LogP contribution in [0.5, 0.6) is 0 Å². The number of nitrogens with one attached hydrogen (secondary N) is 2. The molecule has 1 aliphatic rings. The fraction of sp³-hybridized carbons (Fsp3) is 0.769. The van der Waals surface area contributed by atoms with Crippen LogP contribution in [-0.2, 0) is 14.4 Å². The van der Waals surface area contributed by atoms with E-state index >= 15 is 0 Å². The number of hydrogen-bond acceptors (Lipinski definition) is 4. The molecule has 1 saturated carbocycles. The summed E-state index contributed by atoms with van der Waals surface area (Å²) in [4.78, 5) is 33.5. The number of hydrogen-bond donors (Lipinski definition) is 3. The second kappa shape index (κ2) is 8.84. The third kappa shape index (κ3) is 6.79. The zero-order valence-corrected chi connectivity index (χ0v) is 12.5. The molecule has 0 aromatic carbocycles. The van der Waals surface area contributed by atoms with E-state index in [0.29, 0.717) is 0 Å². The summed E-state index contributed by atoms with van der Waals surface area (Å²) in [7, 11) is 0. The first-order valence-corrected chi connectivity index (χ1v) is 8.01. The lowest BCUT2D eigenvalue weighted by Crippen LogP contribution is -2.42. The van der Waals surface area contributed by atoms with Gasteiger partial charge in [0.1, 0.15) is 6.04 Å². The summed E-state index contributed by atoms with van der Waals surface area (Å²) in [6, 6.07) is -0.678. The van der Waals surface area contributed by atoms with E-state index in [4.69, 9.17) is 5.11 Å². The number of thioether (sulfide) groups is 1. The van der Waals surface area contributed by atoms with E-state index in [-0.39, 0.29) is 29.4 Å². The Morgan fingerprint density at radius 1 is 1.25 bits per heavy atom. The van der Waals surface area contributed by atoms with Crippen LogP contribution in [0.15, 0.2) is 0 Å². The Balaban J connectivity index is 2.22. The van der Waals surface area contributed by atoms with Gasteiger partial charge in [-0.15, -0.1) is 11.8 Å². The molecule has 114 valence electrons. The molecule has 0 heterocycles. The summed E-state index contributed by atoms with van der Waals surface area (Å²) in [5, 5.41) is 14.2. The molecule has 1 aliphatic carbocycles. The van der Waals surface area contributed by atoms with Crippen LogP contribution in [0.25, 0.3) is 0 Å². The Bertz CT molecular complexity index is 356. The summed E-state index contributed by atoms with van der Waals surface area (Å²) in [6.07, 6.45) is 5.60. The Morgan fingerprint density at radius 2 is 1.90 bits per heavy atom. The fourth-order valence-corrected chi connectivity index (χ4v) is 3.05. The van der Waals surface area contributed by atoms with Crippen molar-refractivity contribution in [2.24, 2.45) is 0 Å². The molecule has 0 aromatic rings. The van der Waals surface area contributed by atoms with E-state index in [2.05, 4.69) is 10.6 Å². The van der Waals surface area contributed by atoms with Gasteiger partial charge in [0, 0.05) is 18.7 Å². The second-order valence-corrected chi connectivity index (χ2v) is 6.04. The van der Waals surface area contributed by atoms with E-state index in [1.807, 2.05) is 0 Å². The molecule has 20 heavy (non-hydrogen) atoms. The summed E-state index contributed by atoms with van der Waals surface area (Å²) in [5.74, 6) is -1.12. The van der Waals surface area contributed by atoms with Gasteiger partial charge >= 0.3 is 5.97 Å². The molecule has 0 spiro atoms. The number of carbonyl (C=O) groups is 3. The van der Waals surface area contributed by atoms with Crippen molar-refractivity contribution in [3.05, 3.63) is 0 Å². The number of amides is 2. The highest BCUT2D eigenvalue weighted by Gasteiger charge is 2.20. The zero-order chi connectivity index (χ0) is 15.0. The third-order valence-electron chi connectivity index (χ3n) is 3.16. The first-order valence-electron chi connectivity index (χ1n) is 6.86. The molecule has 0 unspecified atom stereocenters. The normalized spacial score (nSPS) is 17.2. The van der Waals surface area contributed by atoms with E-state index < -0.39 is 12.0 Å². The maximum absolute atomic E-state index is 11.7. The van der Waals surface area contributed by atoms with Crippen LogP contribution in [0.1, 0.15) is 39.0 Å². The molecule has 3 N–H and O–H groups in total. The van der Waals surface area contributed by atoms with Crippen molar-refractivity contribution in [2.75, 3.05) is 11.5 Å². The second-order valence-electron chi connectivity index (χ2n) is 5.01. The lowest BCUT2D eigenvalue weighted by Gasteiger charge is -2.22. The molecule has 0 radical (unpaired) electrons. The van der Waals surface area contributed by atoms with Crippen molar-refractivity contribution < 1.29 is 19.5 Å². The predicted molar refractivity (Wildman–Crippen MR) is 77.6 cm³/mol. The molecule has 0 aromatic heterocycles. The monoisotopic (exact) mass is 302 g/mol. The molecule has 7 heteroatoms.